The van der Waals surface area contributed by atoms with Crippen LogP contribution in [0.4, 0.5) is 0 Å². The number of phenolic OH excluding ortho intramolecular Hbond substituents is 2. The zero-order chi connectivity index (χ0) is 37.8. The molecule has 3 aromatic carbocycles. The van der Waals surface area contributed by atoms with Crippen molar-refractivity contribution >= 4 is 23.3 Å². The fourth-order valence-electron chi connectivity index (χ4n) is 8.14. The second-order valence-corrected chi connectivity index (χ2v) is 14.1. The molecule has 0 aromatic heterocycles. The molecule has 2 saturated heterocycles. The molecule has 2 aliphatic carbocycles. The predicted molar refractivity (Wildman–Crippen MR) is 186 cm³/mol. The number of likely N-dealkylation sites (tertiary alicyclic amines) is 1. The minimum Gasteiger partial charge on any atom is -0.507 e. The van der Waals surface area contributed by atoms with Crippen molar-refractivity contribution in [3.63, 3.8) is 0 Å². The number of esters is 1. The summed E-state index contributed by atoms with van der Waals surface area (Å²) in [7, 11) is 1.33. The number of ketones is 3. The highest BCUT2D eigenvalue weighted by molar-refractivity contribution is 6.31. The van der Waals surface area contributed by atoms with Crippen LogP contribution in [0.3, 0.4) is 0 Å². The second-order valence-electron chi connectivity index (χ2n) is 14.1. The number of carbonyl (C=O) groups is 4. The zero-order valence-electron chi connectivity index (χ0n) is 29.3. The van der Waals surface area contributed by atoms with Crippen LogP contribution in [0.1, 0.15) is 93.3 Å². The van der Waals surface area contributed by atoms with Crippen LogP contribution in [-0.2, 0) is 30.2 Å². The topological polar surface area (TPSA) is 215 Å². The lowest BCUT2D eigenvalue weighted by atomic mass is 9.72. The molecule has 1 unspecified atom stereocenters. The standard InChI is InChI=1S/C39H42N2O12/c1-19-33(43)23(41-13-6-7-14-41)15-27(52-19)53-25-17-39(49,26(42)18-51-38(48)32(40)20-9-4-3-5-10-20)16-22-29(25)37(47)31-30(35(22)45)34(44)21-11-8-12-24(50-2)28(21)36(31)46/h3-5,8-12,19,23,25,27,32-33,43,45,47,49H,6-7,13-18,40H2,1-2H3/t19-,23-,25-,27-,32?,33+,39-/m0/s1. The summed E-state index contributed by atoms with van der Waals surface area (Å²) in [5, 5.41) is 46.8. The Balaban J connectivity index is 1.26. The molecule has 7 rings (SSSR count). The Bertz CT molecular complexity index is 1960. The Morgan fingerprint density at radius 2 is 1.70 bits per heavy atom. The third kappa shape index (κ3) is 6.38. The lowest BCUT2D eigenvalue weighted by Crippen LogP contribution is -2.55. The van der Waals surface area contributed by atoms with E-state index in [1.54, 1.807) is 37.3 Å². The van der Waals surface area contributed by atoms with Crippen molar-refractivity contribution in [3.8, 4) is 17.2 Å². The molecule has 6 N–H and O–H groups in total. The summed E-state index contributed by atoms with van der Waals surface area (Å²) in [4.78, 5) is 56.7. The molecule has 280 valence electrons. The summed E-state index contributed by atoms with van der Waals surface area (Å²) in [6.07, 6.45) is -2.93. The molecule has 0 radical (unpaired) electrons. The van der Waals surface area contributed by atoms with Crippen LogP contribution in [0.25, 0.3) is 0 Å². The number of benzene rings is 3. The summed E-state index contributed by atoms with van der Waals surface area (Å²) in [6.45, 7) is 2.36. The van der Waals surface area contributed by atoms with Crippen molar-refractivity contribution in [2.24, 2.45) is 5.73 Å². The van der Waals surface area contributed by atoms with Gasteiger partial charge >= 0.3 is 5.97 Å². The third-order valence-corrected chi connectivity index (χ3v) is 11.0. The van der Waals surface area contributed by atoms with Crippen molar-refractivity contribution in [3.05, 3.63) is 87.5 Å². The van der Waals surface area contributed by atoms with E-state index in [4.69, 9.17) is 24.7 Å². The van der Waals surface area contributed by atoms with E-state index in [0.717, 1.165) is 25.9 Å². The largest absolute Gasteiger partial charge is 0.507 e. The highest BCUT2D eigenvalue weighted by Gasteiger charge is 2.51. The van der Waals surface area contributed by atoms with Crippen molar-refractivity contribution < 1.29 is 58.6 Å². The monoisotopic (exact) mass is 730 g/mol. The Labute approximate surface area is 305 Å². The number of rotatable bonds is 9. The molecular formula is C39H42N2O12. The molecule has 2 aliphatic heterocycles. The number of aliphatic hydroxyl groups excluding tert-OH is 1. The van der Waals surface area contributed by atoms with Gasteiger partial charge in [-0.05, 0) is 44.5 Å². The first-order chi connectivity index (χ1) is 25.3. The van der Waals surface area contributed by atoms with Gasteiger partial charge in [0.15, 0.2) is 18.7 Å². The molecule has 53 heavy (non-hydrogen) atoms. The second kappa shape index (κ2) is 14.3. The van der Waals surface area contributed by atoms with Gasteiger partial charge in [-0.2, -0.15) is 0 Å². The van der Waals surface area contributed by atoms with Crippen molar-refractivity contribution in [2.45, 2.75) is 81.3 Å². The molecule has 0 spiro atoms. The van der Waals surface area contributed by atoms with E-state index in [9.17, 15) is 39.6 Å². The molecule has 0 amide bonds. The number of methoxy groups -OCH3 is 1. The van der Waals surface area contributed by atoms with E-state index in [1.807, 2.05) is 0 Å². The highest BCUT2D eigenvalue weighted by Crippen LogP contribution is 2.52. The van der Waals surface area contributed by atoms with E-state index >= 15 is 0 Å². The van der Waals surface area contributed by atoms with Crippen molar-refractivity contribution in [2.75, 3.05) is 26.8 Å². The highest BCUT2D eigenvalue weighted by atomic mass is 16.7. The number of ether oxygens (including phenoxy) is 4. The molecule has 2 heterocycles. The predicted octanol–water partition coefficient (Wildman–Crippen LogP) is 2.39. The number of hydrogen-bond acceptors (Lipinski definition) is 14. The summed E-state index contributed by atoms with van der Waals surface area (Å²) in [6, 6.07) is 11.2. The first kappa shape index (κ1) is 36.6. The Kier molecular flexibility index (Phi) is 9.87. The fourth-order valence-corrected chi connectivity index (χ4v) is 8.14. The quantitative estimate of drug-likeness (QED) is 0.124. The summed E-state index contributed by atoms with van der Waals surface area (Å²) >= 11 is 0. The van der Waals surface area contributed by atoms with Crippen molar-refractivity contribution in [1.82, 2.24) is 4.90 Å². The number of fused-ring (bicyclic) bond motifs is 3. The van der Waals surface area contributed by atoms with E-state index in [-0.39, 0.29) is 40.5 Å². The van der Waals surface area contributed by atoms with Gasteiger partial charge < -0.3 is 45.1 Å². The first-order valence-corrected chi connectivity index (χ1v) is 17.7. The number of phenols is 2. The van der Waals surface area contributed by atoms with E-state index in [0.29, 0.717) is 5.56 Å². The number of aliphatic hydroxyl groups is 2. The lowest BCUT2D eigenvalue weighted by Gasteiger charge is -2.44. The fraction of sp³-hybridized carbons (Fsp3) is 0.436. The number of nitrogens with two attached hydrogens (primary N) is 1. The van der Waals surface area contributed by atoms with Gasteiger partial charge in [0.1, 0.15) is 28.9 Å². The van der Waals surface area contributed by atoms with Crippen LogP contribution in [0.5, 0.6) is 17.2 Å². The zero-order valence-corrected chi connectivity index (χ0v) is 29.3. The Hall–Kier alpha value is -4.70. The van der Waals surface area contributed by atoms with Gasteiger partial charge in [0.05, 0.1) is 42.1 Å². The number of Topliss-reactive ketones (excluding diaryl/α,β-unsaturated/α-hetero) is 1. The smallest absolute Gasteiger partial charge is 0.327 e. The van der Waals surface area contributed by atoms with Crippen LogP contribution in [0.15, 0.2) is 48.5 Å². The van der Waals surface area contributed by atoms with Gasteiger partial charge in [0.25, 0.3) is 0 Å². The molecule has 2 fully saturated rings. The van der Waals surface area contributed by atoms with Crippen LogP contribution in [0.2, 0.25) is 0 Å². The number of hydrogen-bond donors (Lipinski definition) is 5. The lowest BCUT2D eigenvalue weighted by molar-refractivity contribution is -0.257. The van der Waals surface area contributed by atoms with Gasteiger partial charge in [-0.15, -0.1) is 0 Å². The molecule has 4 aliphatic rings. The molecule has 14 heteroatoms. The first-order valence-electron chi connectivity index (χ1n) is 17.7. The average molecular weight is 731 g/mol. The third-order valence-electron chi connectivity index (χ3n) is 11.0. The van der Waals surface area contributed by atoms with Gasteiger partial charge in [0, 0.05) is 42.0 Å². The molecule has 3 aromatic rings. The minimum atomic E-state index is -2.36. The molecule has 0 bridgehead atoms. The number of aromatic hydroxyl groups is 2. The van der Waals surface area contributed by atoms with Crippen LogP contribution in [0, 0.1) is 0 Å². The van der Waals surface area contributed by atoms with Crippen LogP contribution in [-0.4, -0.2) is 106 Å². The number of nitrogens with zero attached hydrogens (tertiary/aromatic N) is 1. The van der Waals surface area contributed by atoms with E-state index in [1.165, 1.54) is 25.3 Å². The molecule has 7 atom stereocenters. The van der Waals surface area contributed by atoms with Crippen LogP contribution >= 0.6 is 0 Å². The summed E-state index contributed by atoms with van der Waals surface area (Å²) in [5.41, 5.74) is 2.70. The maximum atomic E-state index is 14.0. The Morgan fingerprint density at radius 1 is 1.00 bits per heavy atom. The molecule has 0 saturated carbocycles. The van der Waals surface area contributed by atoms with Crippen LogP contribution < -0.4 is 10.5 Å². The van der Waals surface area contributed by atoms with Gasteiger partial charge in [-0.25, -0.2) is 4.79 Å². The average Bonchev–Trinajstić information content (AvgIpc) is 3.70. The normalized spacial score (nSPS) is 27.4. The Morgan fingerprint density at radius 3 is 2.40 bits per heavy atom. The van der Waals surface area contributed by atoms with E-state index in [2.05, 4.69) is 4.90 Å². The van der Waals surface area contributed by atoms with E-state index < -0.39 is 102 Å². The number of carbonyl (C=O) groups excluding carboxylic acids is 4. The van der Waals surface area contributed by atoms with Crippen molar-refractivity contribution in [1.29, 1.82) is 0 Å². The summed E-state index contributed by atoms with van der Waals surface area (Å²) in [5.74, 6) is -4.72. The SMILES string of the molecule is COc1cccc2c1C(=O)c1c(O)c3c(c(O)c1C2=O)C[C@@](O)(C(=O)COC(=O)C(N)c1ccccc1)C[C@@H]3O[C@H]1C[C@H](N2CCCC2)[C@H](O)[C@H](C)O1. The maximum absolute atomic E-state index is 14.0. The van der Waals surface area contributed by atoms with Gasteiger partial charge in [0.2, 0.25) is 11.6 Å². The molecule has 14 nitrogen and oxygen atoms in total. The molecular weight excluding hydrogens is 688 g/mol. The minimum absolute atomic E-state index is 0.0655. The van der Waals surface area contributed by atoms with Gasteiger partial charge in [-0.3, -0.25) is 19.3 Å². The maximum Gasteiger partial charge on any atom is 0.327 e. The summed E-state index contributed by atoms with van der Waals surface area (Å²) < 4.78 is 23.1. The van der Waals surface area contributed by atoms with Gasteiger partial charge in [-0.1, -0.05) is 42.5 Å².